The Kier molecular flexibility index (Phi) is 5.96. The predicted molar refractivity (Wildman–Crippen MR) is 213 cm³/mol. The van der Waals surface area contributed by atoms with E-state index in [4.69, 9.17) is 14.4 Å². The Morgan fingerprint density at radius 2 is 0.902 bits per heavy atom. The lowest BCUT2D eigenvalue weighted by molar-refractivity contribution is 0.669. The van der Waals surface area contributed by atoms with Gasteiger partial charge in [-0.25, -0.2) is 9.97 Å². The Morgan fingerprint density at radius 1 is 0.333 bits per heavy atom. The van der Waals surface area contributed by atoms with E-state index in [2.05, 4.69) is 158 Å². The maximum atomic E-state index is 6.30. The minimum absolute atomic E-state index is 0.912. The van der Waals surface area contributed by atoms with Gasteiger partial charge < -0.3 is 4.42 Å². The standard InChI is InChI=1S/C48H28N2O/c1-2-10-29(11-3-1)41-25-22-30-20-21-31-23-26-42(50-48(31)47(30)49-41)37-18-9-15-33-34(37)16-8-17-35(33)40-28-32-24-27-44-46(39-14-6-7-19-43(39)51-44)45(32)38-13-5-4-12-36(38)40/h1-28H. The van der Waals surface area contributed by atoms with Gasteiger partial charge in [0, 0.05) is 38.1 Å². The minimum Gasteiger partial charge on any atom is -0.456 e. The highest BCUT2D eigenvalue weighted by Gasteiger charge is 2.18. The van der Waals surface area contributed by atoms with E-state index in [1.165, 1.54) is 48.8 Å². The molecule has 236 valence electrons. The lowest BCUT2D eigenvalue weighted by Gasteiger charge is -2.15. The molecule has 0 N–H and O–H groups in total. The van der Waals surface area contributed by atoms with Gasteiger partial charge in [-0.15, -0.1) is 0 Å². The average Bonchev–Trinajstić information content (AvgIpc) is 3.59. The average molecular weight is 649 g/mol. The van der Waals surface area contributed by atoms with Crippen molar-refractivity contribution in [3.8, 4) is 33.6 Å². The van der Waals surface area contributed by atoms with Crippen LogP contribution in [0, 0.1) is 0 Å². The van der Waals surface area contributed by atoms with E-state index < -0.39 is 0 Å². The van der Waals surface area contributed by atoms with Gasteiger partial charge in [0.1, 0.15) is 11.2 Å². The molecule has 0 unspecified atom stereocenters. The zero-order valence-electron chi connectivity index (χ0n) is 27.5. The van der Waals surface area contributed by atoms with Crippen LogP contribution in [0.2, 0.25) is 0 Å². The van der Waals surface area contributed by atoms with E-state index in [1.807, 2.05) is 12.1 Å². The van der Waals surface area contributed by atoms with Gasteiger partial charge in [-0.05, 0) is 68.4 Å². The zero-order valence-corrected chi connectivity index (χ0v) is 27.5. The number of fused-ring (bicyclic) bond motifs is 11. The number of hydrogen-bond acceptors (Lipinski definition) is 3. The van der Waals surface area contributed by atoms with Crippen molar-refractivity contribution in [2.75, 3.05) is 0 Å². The van der Waals surface area contributed by atoms with Crippen LogP contribution in [0.25, 0.3) is 110 Å². The molecule has 0 spiro atoms. The van der Waals surface area contributed by atoms with Crippen LogP contribution in [-0.2, 0) is 0 Å². The van der Waals surface area contributed by atoms with Gasteiger partial charge in [0.2, 0.25) is 0 Å². The first kappa shape index (κ1) is 28.0. The molecular weight excluding hydrogens is 621 g/mol. The molecule has 0 radical (unpaired) electrons. The van der Waals surface area contributed by atoms with E-state index >= 15 is 0 Å². The predicted octanol–water partition coefficient (Wildman–Crippen LogP) is 13.1. The third-order valence-electron chi connectivity index (χ3n) is 10.4. The Bertz CT molecular complexity index is 3190. The van der Waals surface area contributed by atoms with Crippen molar-refractivity contribution in [1.82, 2.24) is 9.97 Å². The quantitative estimate of drug-likeness (QED) is 0.179. The highest BCUT2D eigenvalue weighted by atomic mass is 16.3. The molecule has 11 rings (SSSR count). The molecule has 3 nitrogen and oxygen atoms in total. The van der Waals surface area contributed by atoms with Gasteiger partial charge in [-0.3, -0.25) is 0 Å². The van der Waals surface area contributed by atoms with Crippen molar-refractivity contribution in [3.63, 3.8) is 0 Å². The number of nitrogens with zero attached hydrogens (tertiary/aromatic N) is 2. The second kappa shape index (κ2) is 10.8. The van der Waals surface area contributed by atoms with Crippen LogP contribution >= 0.6 is 0 Å². The normalized spacial score (nSPS) is 11.9. The van der Waals surface area contributed by atoms with Gasteiger partial charge in [0.15, 0.2) is 0 Å². The summed E-state index contributed by atoms with van der Waals surface area (Å²) in [6.45, 7) is 0. The molecule has 0 saturated heterocycles. The Balaban J connectivity index is 1.13. The summed E-state index contributed by atoms with van der Waals surface area (Å²) >= 11 is 0. The van der Waals surface area contributed by atoms with Crippen LogP contribution in [-0.4, -0.2) is 9.97 Å². The number of rotatable bonds is 3. The molecule has 51 heavy (non-hydrogen) atoms. The topological polar surface area (TPSA) is 38.9 Å². The lowest BCUT2D eigenvalue weighted by Crippen LogP contribution is -1.92. The summed E-state index contributed by atoms with van der Waals surface area (Å²) in [6, 6.07) is 60.2. The lowest BCUT2D eigenvalue weighted by atomic mass is 9.88. The van der Waals surface area contributed by atoms with Gasteiger partial charge in [0.25, 0.3) is 0 Å². The largest absolute Gasteiger partial charge is 0.456 e. The van der Waals surface area contributed by atoms with Crippen molar-refractivity contribution in [2.45, 2.75) is 0 Å². The molecule has 0 atom stereocenters. The van der Waals surface area contributed by atoms with Crippen molar-refractivity contribution in [2.24, 2.45) is 0 Å². The van der Waals surface area contributed by atoms with E-state index in [1.54, 1.807) is 0 Å². The summed E-state index contributed by atoms with van der Waals surface area (Å²) in [5.74, 6) is 0. The van der Waals surface area contributed by atoms with Crippen LogP contribution in [0.1, 0.15) is 0 Å². The van der Waals surface area contributed by atoms with Gasteiger partial charge >= 0.3 is 0 Å². The molecule has 0 bridgehead atoms. The number of furan rings is 1. The smallest absolute Gasteiger partial charge is 0.136 e. The number of pyridine rings is 2. The Labute approximate surface area is 293 Å². The molecule has 0 aliphatic carbocycles. The van der Waals surface area contributed by atoms with Crippen molar-refractivity contribution in [1.29, 1.82) is 0 Å². The third kappa shape index (κ3) is 4.25. The SMILES string of the molecule is c1ccc(-c2ccc3ccc4ccc(-c5cccc6c(-c7cc8ccc9oc%10ccccc%10c9c8c8ccccc78)cccc56)nc4c3n2)cc1. The van der Waals surface area contributed by atoms with Crippen LogP contribution < -0.4 is 0 Å². The number of para-hydroxylation sites is 1. The first-order valence-corrected chi connectivity index (χ1v) is 17.3. The number of aromatic nitrogens is 2. The monoisotopic (exact) mass is 648 g/mol. The number of benzene rings is 8. The fraction of sp³-hybridized carbons (Fsp3) is 0. The first-order chi connectivity index (χ1) is 25.3. The second-order valence-corrected chi connectivity index (χ2v) is 13.3. The van der Waals surface area contributed by atoms with E-state index in [0.29, 0.717) is 0 Å². The molecule has 0 saturated carbocycles. The highest BCUT2D eigenvalue weighted by molar-refractivity contribution is 6.29. The molecule has 8 aromatic carbocycles. The summed E-state index contributed by atoms with van der Waals surface area (Å²) in [7, 11) is 0. The Morgan fingerprint density at radius 3 is 1.71 bits per heavy atom. The van der Waals surface area contributed by atoms with E-state index in [9.17, 15) is 0 Å². The van der Waals surface area contributed by atoms with Crippen LogP contribution in [0.5, 0.6) is 0 Å². The summed E-state index contributed by atoms with van der Waals surface area (Å²) in [4.78, 5) is 10.5. The van der Waals surface area contributed by atoms with Gasteiger partial charge in [-0.2, -0.15) is 0 Å². The fourth-order valence-corrected chi connectivity index (χ4v) is 8.09. The molecule has 11 aromatic rings. The van der Waals surface area contributed by atoms with E-state index in [-0.39, 0.29) is 0 Å². The molecule has 0 aliphatic rings. The minimum atomic E-state index is 0.912. The summed E-state index contributed by atoms with van der Waals surface area (Å²) in [6.07, 6.45) is 0. The molecule has 0 aliphatic heterocycles. The van der Waals surface area contributed by atoms with Gasteiger partial charge in [0.05, 0.1) is 22.4 Å². The Hall–Kier alpha value is -6.84. The molecule has 3 heterocycles. The summed E-state index contributed by atoms with van der Waals surface area (Å²) in [5, 5.41) is 11.7. The van der Waals surface area contributed by atoms with Crippen molar-refractivity contribution < 1.29 is 4.42 Å². The summed E-state index contributed by atoms with van der Waals surface area (Å²) in [5.41, 5.74) is 10.1. The summed E-state index contributed by atoms with van der Waals surface area (Å²) < 4.78 is 6.30. The molecule has 3 aromatic heterocycles. The van der Waals surface area contributed by atoms with Crippen LogP contribution in [0.4, 0.5) is 0 Å². The zero-order chi connectivity index (χ0) is 33.5. The van der Waals surface area contributed by atoms with Gasteiger partial charge in [-0.1, -0.05) is 140 Å². The van der Waals surface area contributed by atoms with Crippen molar-refractivity contribution in [3.05, 3.63) is 170 Å². The first-order valence-electron chi connectivity index (χ1n) is 17.3. The third-order valence-corrected chi connectivity index (χ3v) is 10.4. The van der Waals surface area contributed by atoms with E-state index in [0.717, 1.165) is 60.9 Å². The maximum Gasteiger partial charge on any atom is 0.136 e. The second-order valence-electron chi connectivity index (χ2n) is 13.3. The number of hydrogen-bond donors (Lipinski definition) is 0. The van der Waals surface area contributed by atoms with Crippen molar-refractivity contribution >= 4 is 76.1 Å². The van der Waals surface area contributed by atoms with Crippen LogP contribution in [0.3, 0.4) is 0 Å². The maximum absolute atomic E-state index is 6.30. The van der Waals surface area contributed by atoms with Crippen LogP contribution in [0.15, 0.2) is 174 Å². The molecular formula is C48H28N2O. The highest BCUT2D eigenvalue weighted by Crippen LogP contribution is 2.44. The fourth-order valence-electron chi connectivity index (χ4n) is 8.09. The molecule has 3 heteroatoms. The molecule has 0 fully saturated rings. The molecule has 0 amide bonds.